The number of ether oxygens (including phenoxy) is 1. The molecule has 1 saturated heterocycles. The number of likely N-dealkylation sites (tertiary alicyclic amines) is 1. The lowest BCUT2D eigenvalue weighted by atomic mass is 9.94. The summed E-state index contributed by atoms with van der Waals surface area (Å²) in [5.74, 6) is 0.625. The van der Waals surface area contributed by atoms with Crippen molar-refractivity contribution in [3.8, 4) is 0 Å². The Bertz CT molecular complexity index is 573. The largest absolute Gasteiger partial charge is 0.382 e. The molecule has 126 valence electrons. The van der Waals surface area contributed by atoms with E-state index in [-0.39, 0.29) is 18.1 Å². The maximum Gasteiger partial charge on any atom is 0.246 e. The molecule has 2 atom stereocenters. The third-order valence-corrected chi connectivity index (χ3v) is 4.87. The van der Waals surface area contributed by atoms with Gasteiger partial charge in [0.05, 0.1) is 18.7 Å². The zero-order valence-corrected chi connectivity index (χ0v) is 13.8. The number of nitrogens with two attached hydrogens (primary N) is 1. The molecule has 6 nitrogen and oxygen atoms in total. The number of carbonyl (C=O) groups is 1. The van der Waals surface area contributed by atoms with E-state index in [1.807, 2.05) is 21.9 Å². The summed E-state index contributed by atoms with van der Waals surface area (Å²) in [7, 11) is 1.71. The molecule has 0 spiro atoms. The first-order valence-corrected chi connectivity index (χ1v) is 8.47. The van der Waals surface area contributed by atoms with Crippen molar-refractivity contribution in [1.82, 2.24) is 14.7 Å². The molecule has 1 aliphatic carbocycles. The predicted molar refractivity (Wildman–Crippen MR) is 88.7 cm³/mol. The van der Waals surface area contributed by atoms with Gasteiger partial charge >= 0.3 is 0 Å². The molecule has 0 unspecified atom stereocenters. The Labute approximate surface area is 137 Å². The third-order valence-electron chi connectivity index (χ3n) is 4.87. The Kier molecular flexibility index (Phi) is 5.00. The Balaban J connectivity index is 1.70. The van der Waals surface area contributed by atoms with Gasteiger partial charge in [-0.15, -0.1) is 0 Å². The van der Waals surface area contributed by atoms with Crippen molar-refractivity contribution in [2.75, 3.05) is 19.4 Å². The zero-order valence-electron chi connectivity index (χ0n) is 13.8. The number of aromatic nitrogens is 2. The molecule has 1 aromatic rings. The number of methoxy groups -OCH3 is 1. The second-order valence-corrected chi connectivity index (χ2v) is 6.56. The minimum absolute atomic E-state index is 0.0987. The maximum absolute atomic E-state index is 12.7. The number of allylic oxidation sites excluding steroid dienone is 1. The molecule has 1 saturated carbocycles. The number of nitrogens with zero attached hydrogens (tertiary/aromatic N) is 3. The van der Waals surface area contributed by atoms with Crippen LogP contribution in [0.3, 0.4) is 0 Å². The molecule has 2 N–H and O–H groups in total. The van der Waals surface area contributed by atoms with Gasteiger partial charge in [-0.05, 0) is 38.2 Å². The van der Waals surface area contributed by atoms with Crippen LogP contribution in [-0.4, -0.2) is 46.4 Å². The molecule has 2 aliphatic rings. The standard InChI is InChI=1S/C17H26N4O2/c1-23-15-10-14(11-20-8-7-16(18)19-20)21(12-15)17(22)9-13-5-3-2-4-6-13/h7-9,14-15H,2-6,10-12H2,1H3,(H2,18,19)/t14-,15-/m0/s1. The smallest absolute Gasteiger partial charge is 0.246 e. The molecular formula is C17H26N4O2. The highest BCUT2D eigenvalue weighted by atomic mass is 16.5. The summed E-state index contributed by atoms with van der Waals surface area (Å²) >= 11 is 0. The molecule has 3 rings (SSSR count). The second-order valence-electron chi connectivity index (χ2n) is 6.56. The van der Waals surface area contributed by atoms with Gasteiger partial charge in [-0.2, -0.15) is 5.10 Å². The Morgan fingerprint density at radius 2 is 2.22 bits per heavy atom. The minimum atomic E-state index is 0.0987. The molecule has 1 amide bonds. The van der Waals surface area contributed by atoms with E-state index >= 15 is 0 Å². The number of rotatable bonds is 4. The van der Waals surface area contributed by atoms with Gasteiger partial charge in [0, 0.05) is 25.9 Å². The molecule has 0 aromatic carbocycles. The van der Waals surface area contributed by atoms with Gasteiger partial charge in [0.25, 0.3) is 0 Å². The Hall–Kier alpha value is -1.82. The number of carbonyl (C=O) groups excluding carboxylic acids is 1. The number of hydrogen-bond donors (Lipinski definition) is 1. The fraction of sp³-hybridized carbons (Fsp3) is 0.647. The van der Waals surface area contributed by atoms with Crippen molar-refractivity contribution in [3.05, 3.63) is 23.9 Å². The fourth-order valence-electron chi connectivity index (χ4n) is 3.59. The summed E-state index contributed by atoms with van der Waals surface area (Å²) in [4.78, 5) is 14.7. The fourth-order valence-corrected chi connectivity index (χ4v) is 3.59. The number of amides is 1. The molecule has 2 fully saturated rings. The Morgan fingerprint density at radius 1 is 1.43 bits per heavy atom. The van der Waals surface area contributed by atoms with Crippen LogP contribution in [0.5, 0.6) is 0 Å². The van der Waals surface area contributed by atoms with Crippen molar-refractivity contribution in [2.45, 2.75) is 57.2 Å². The first-order valence-electron chi connectivity index (χ1n) is 8.47. The lowest BCUT2D eigenvalue weighted by Crippen LogP contribution is -2.37. The average molecular weight is 318 g/mol. The van der Waals surface area contributed by atoms with E-state index in [2.05, 4.69) is 5.10 Å². The summed E-state index contributed by atoms with van der Waals surface area (Å²) in [6, 6.07) is 1.88. The first-order chi connectivity index (χ1) is 11.2. The van der Waals surface area contributed by atoms with E-state index < -0.39 is 0 Å². The summed E-state index contributed by atoms with van der Waals surface area (Å²) in [5, 5.41) is 4.23. The van der Waals surface area contributed by atoms with Crippen LogP contribution in [0.25, 0.3) is 0 Å². The topological polar surface area (TPSA) is 73.4 Å². The molecule has 2 heterocycles. The van der Waals surface area contributed by atoms with E-state index in [0.29, 0.717) is 18.9 Å². The highest BCUT2D eigenvalue weighted by Gasteiger charge is 2.35. The highest BCUT2D eigenvalue weighted by Crippen LogP contribution is 2.26. The zero-order chi connectivity index (χ0) is 16.2. The van der Waals surface area contributed by atoms with Crippen LogP contribution in [0.2, 0.25) is 0 Å². The van der Waals surface area contributed by atoms with Gasteiger partial charge in [0.2, 0.25) is 5.91 Å². The molecule has 0 radical (unpaired) electrons. The van der Waals surface area contributed by atoms with Crippen molar-refractivity contribution < 1.29 is 9.53 Å². The van der Waals surface area contributed by atoms with Crippen LogP contribution in [0.1, 0.15) is 38.5 Å². The van der Waals surface area contributed by atoms with Gasteiger partial charge < -0.3 is 15.4 Å². The highest BCUT2D eigenvalue weighted by molar-refractivity contribution is 5.88. The SMILES string of the molecule is CO[C@H]1C[C@@H](Cn2ccc(N)n2)N(C(=O)C=C2CCCCC2)C1. The van der Waals surface area contributed by atoms with Crippen molar-refractivity contribution in [2.24, 2.45) is 0 Å². The first kappa shape index (κ1) is 16.1. The van der Waals surface area contributed by atoms with Crippen molar-refractivity contribution >= 4 is 11.7 Å². The average Bonchev–Trinajstić information content (AvgIpc) is 3.15. The van der Waals surface area contributed by atoms with Crippen LogP contribution in [0.15, 0.2) is 23.9 Å². The minimum Gasteiger partial charge on any atom is -0.382 e. The van der Waals surface area contributed by atoms with Gasteiger partial charge in [0.1, 0.15) is 5.82 Å². The van der Waals surface area contributed by atoms with Crippen LogP contribution in [-0.2, 0) is 16.1 Å². The number of anilines is 1. The second kappa shape index (κ2) is 7.17. The summed E-state index contributed by atoms with van der Waals surface area (Å²) in [5.41, 5.74) is 6.97. The normalized spacial score (nSPS) is 24.9. The van der Waals surface area contributed by atoms with Crippen LogP contribution >= 0.6 is 0 Å². The Morgan fingerprint density at radius 3 is 2.87 bits per heavy atom. The number of nitrogen functional groups attached to an aromatic ring is 1. The van der Waals surface area contributed by atoms with E-state index in [4.69, 9.17) is 10.5 Å². The van der Waals surface area contributed by atoms with E-state index in [1.165, 1.54) is 24.8 Å². The van der Waals surface area contributed by atoms with E-state index in [9.17, 15) is 4.79 Å². The molecule has 1 aliphatic heterocycles. The summed E-state index contributed by atoms with van der Waals surface area (Å²) in [6.07, 6.45) is 10.5. The summed E-state index contributed by atoms with van der Waals surface area (Å²) in [6.45, 7) is 1.31. The van der Waals surface area contributed by atoms with Gasteiger partial charge in [-0.25, -0.2) is 0 Å². The number of hydrogen-bond acceptors (Lipinski definition) is 4. The van der Waals surface area contributed by atoms with Gasteiger partial charge in [-0.3, -0.25) is 9.48 Å². The van der Waals surface area contributed by atoms with Crippen molar-refractivity contribution in [3.63, 3.8) is 0 Å². The van der Waals surface area contributed by atoms with E-state index in [1.54, 1.807) is 13.2 Å². The van der Waals surface area contributed by atoms with Gasteiger partial charge in [-0.1, -0.05) is 12.0 Å². The van der Waals surface area contributed by atoms with E-state index in [0.717, 1.165) is 19.3 Å². The van der Waals surface area contributed by atoms with Crippen LogP contribution in [0.4, 0.5) is 5.82 Å². The monoisotopic (exact) mass is 318 g/mol. The third kappa shape index (κ3) is 3.93. The van der Waals surface area contributed by atoms with Crippen LogP contribution in [0, 0.1) is 0 Å². The molecule has 23 heavy (non-hydrogen) atoms. The molecule has 0 bridgehead atoms. The van der Waals surface area contributed by atoms with Crippen molar-refractivity contribution in [1.29, 1.82) is 0 Å². The van der Waals surface area contributed by atoms with Crippen LogP contribution < -0.4 is 5.73 Å². The lowest BCUT2D eigenvalue weighted by Gasteiger charge is -2.24. The predicted octanol–water partition coefficient (Wildman–Crippen LogP) is 1.97. The van der Waals surface area contributed by atoms with Gasteiger partial charge in [0.15, 0.2) is 0 Å². The molecular weight excluding hydrogens is 292 g/mol. The molecule has 6 heteroatoms. The quantitative estimate of drug-likeness (QED) is 0.862. The summed E-state index contributed by atoms with van der Waals surface area (Å²) < 4.78 is 7.30. The lowest BCUT2D eigenvalue weighted by molar-refractivity contribution is -0.127. The molecule has 1 aromatic heterocycles. The maximum atomic E-state index is 12.7.